The smallest absolute Gasteiger partial charge is 0.0887 e. The topological polar surface area (TPSA) is 20.2 Å². The standard InChI is InChI=1S/C15H24O/c1-9-7-8-15(16)10(2)5-6-11-13(12(9)15)14(11,3)4/h9,11-13,16H,2,5-8H2,1,3-4H3/t9-,11-,12+,13-,15+/m0/s1. The van der Waals surface area contributed by atoms with Gasteiger partial charge in [-0.1, -0.05) is 27.4 Å². The lowest BCUT2D eigenvalue weighted by Gasteiger charge is -2.34. The van der Waals surface area contributed by atoms with Crippen LogP contribution in [0, 0.1) is 29.1 Å². The Bertz CT molecular complexity index is 343. The van der Waals surface area contributed by atoms with Crippen LogP contribution in [0.1, 0.15) is 46.5 Å². The van der Waals surface area contributed by atoms with Crippen LogP contribution in [0.25, 0.3) is 0 Å². The summed E-state index contributed by atoms with van der Waals surface area (Å²) in [5, 5.41) is 11.0. The summed E-state index contributed by atoms with van der Waals surface area (Å²) in [6, 6.07) is 0. The summed E-state index contributed by atoms with van der Waals surface area (Å²) in [6.07, 6.45) is 4.43. The molecule has 5 atom stereocenters. The maximum atomic E-state index is 11.0. The van der Waals surface area contributed by atoms with Gasteiger partial charge in [-0.25, -0.2) is 0 Å². The Morgan fingerprint density at radius 1 is 1.25 bits per heavy atom. The minimum atomic E-state index is -0.521. The second-order valence-electron chi connectivity index (χ2n) is 7.06. The second kappa shape index (κ2) is 2.93. The Kier molecular flexibility index (Phi) is 1.98. The Hall–Kier alpha value is -0.300. The molecule has 3 aliphatic rings. The summed E-state index contributed by atoms with van der Waals surface area (Å²) in [6.45, 7) is 11.3. The van der Waals surface area contributed by atoms with E-state index in [1.54, 1.807) is 0 Å². The highest BCUT2D eigenvalue weighted by Crippen LogP contribution is 2.71. The van der Waals surface area contributed by atoms with E-state index >= 15 is 0 Å². The molecule has 1 heteroatoms. The van der Waals surface area contributed by atoms with Gasteiger partial charge >= 0.3 is 0 Å². The molecule has 16 heavy (non-hydrogen) atoms. The molecular weight excluding hydrogens is 196 g/mol. The zero-order valence-electron chi connectivity index (χ0n) is 10.8. The van der Waals surface area contributed by atoms with Gasteiger partial charge in [0, 0.05) is 0 Å². The first kappa shape index (κ1) is 10.8. The fraction of sp³-hybridized carbons (Fsp3) is 0.867. The van der Waals surface area contributed by atoms with Crippen molar-refractivity contribution in [1.29, 1.82) is 0 Å². The molecule has 0 spiro atoms. The highest BCUT2D eigenvalue weighted by molar-refractivity contribution is 5.27. The molecule has 0 radical (unpaired) electrons. The monoisotopic (exact) mass is 220 g/mol. The third-order valence-corrected chi connectivity index (χ3v) is 6.04. The lowest BCUT2D eigenvalue weighted by atomic mass is 9.76. The summed E-state index contributed by atoms with van der Waals surface area (Å²) >= 11 is 0. The normalized spacial score (nSPS) is 54.1. The molecule has 0 aromatic rings. The van der Waals surface area contributed by atoms with Gasteiger partial charge in [-0.05, 0) is 60.3 Å². The van der Waals surface area contributed by atoms with E-state index in [9.17, 15) is 5.11 Å². The van der Waals surface area contributed by atoms with Gasteiger partial charge in [-0.3, -0.25) is 0 Å². The Morgan fingerprint density at radius 2 is 1.94 bits per heavy atom. The molecule has 3 saturated carbocycles. The molecule has 0 aliphatic heterocycles. The average Bonchev–Trinajstić information content (AvgIpc) is 2.64. The largest absolute Gasteiger partial charge is 0.385 e. The van der Waals surface area contributed by atoms with Gasteiger partial charge in [0.1, 0.15) is 0 Å². The van der Waals surface area contributed by atoms with Crippen LogP contribution in [0.15, 0.2) is 12.2 Å². The third kappa shape index (κ3) is 1.11. The fourth-order valence-corrected chi connectivity index (χ4v) is 4.93. The predicted molar refractivity (Wildman–Crippen MR) is 66.0 cm³/mol. The van der Waals surface area contributed by atoms with Gasteiger partial charge < -0.3 is 5.11 Å². The van der Waals surface area contributed by atoms with E-state index in [-0.39, 0.29) is 0 Å². The van der Waals surface area contributed by atoms with E-state index in [1.165, 1.54) is 12.8 Å². The van der Waals surface area contributed by atoms with Crippen molar-refractivity contribution in [3.05, 3.63) is 12.2 Å². The van der Waals surface area contributed by atoms with Gasteiger partial charge in [0.2, 0.25) is 0 Å². The number of fused-ring (bicyclic) bond motifs is 3. The maximum absolute atomic E-state index is 11.0. The molecular formula is C15H24O. The van der Waals surface area contributed by atoms with Crippen LogP contribution in [-0.4, -0.2) is 10.7 Å². The summed E-state index contributed by atoms with van der Waals surface area (Å²) in [5.74, 6) is 2.75. The molecule has 0 bridgehead atoms. The second-order valence-corrected chi connectivity index (χ2v) is 7.06. The van der Waals surface area contributed by atoms with E-state index in [4.69, 9.17) is 0 Å². The van der Waals surface area contributed by atoms with Crippen molar-refractivity contribution in [2.75, 3.05) is 0 Å². The Balaban J connectivity index is 2.01. The van der Waals surface area contributed by atoms with Crippen LogP contribution in [-0.2, 0) is 0 Å². The lowest BCUT2D eigenvalue weighted by molar-refractivity contribution is 0.0137. The van der Waals surface area contributed by atoms with E-state index in [2.05, 4.69) is 27.4 Å². The van der Waals surface area contributed by atoms with Gasteiger partial charge in [0.25, 0.3) is 0 Å². The average molecular weight is 220 g/mol. The molecule has 3 rings (SSSR count). The first-order valence-corrected chi connectivity index (χ1v) is 6.79. The fourth-order valence-electron chi connectivity index (χ4n) is 4.93. The highest BCUT2D eigenvalue weighted by atomic mass is 16.3. The van der Waals surface area contributed by atoms with E-state index in [1.807, 2.05) is 0 Å². The van der Waals surface area contributed by atoms with Crippen molar-refractivity contribution in [3.8, 4) is 0 Å². The van der Waals surface area contributed by atoms with Crippen LogP contribution >= 0.6 is 0 Å². The molecule has 0 heterocycles. The SMILES string of the molecule is C=C1CC[C@H]2[C@@H]([C@H]3[C@@H](C)CC[C@@]13O)C2(C)C. The molecule has 0 aromatic carbocycles. The predicted octanol–water partition coefficient (Wildman–Crippen LogP) is 3.39. The van der Waals surface area contributed by atoms with Crippen LogP contribution in [0.3, 0.4) is 0 Å². The van der Waals surface area contributed by atoms with Crippen molar-refractivity contribution in [2.45, 2.75) is 52.1 Å². The maximum Gasteiger partial charge on any atom is 0.0887 e. The number of aliphatic hydroxyl groups is 1. The highest BCUT2D eigenvalue weighted by Gasteiger charge is 2.68. The molecule has 0 unspecified atom stereocenters. The summed E-state index contributed by atoms with van der Waals surface area (Å²) < 4.78 is 0. The van der Waals surface area contributed by atoms with E-state index in [0.717, 1.165) is 30.3 Å². The quantitative estimate of drug-likeness (QED) is 0.620. The van der Waals surface area contributed by atoms with Gasteiger partial charge in [0.05, 0.1) is 5.60 Å². The molecule has 1 nitrogen and oxygen atoms in total. The van der Waals surface area contributed by atoms with Gasteiger partial charge in [-0.2, -0.15) is 0 Å². The third-order valence-electron chi connectivity index (χ3n) is 6.04. The van der Waals surface area contributed by atoms with E-state index in [0.29, 0.717) is 17.3 Å². The first-order chi connectivity index (χ1) is 7.39. The van der Waals surface area contributed by atoms with Crippen molar-refractivity contribution in [3.63, 3.8) is 0 Å². The molecule has 0 amide bonds. The summed E-state index contributed by atoms with van der Waals surface area (Å²) in [5.41, 5.74) is 1.08. The van der Waals surface area contributed by atoms with Crippen molar-refractivity contribution in [2.24, 2.45) is 29.1 Å². The molecule has 3 aliphatic carbocycles. The van der Waals surface area contributed by atoms with E-state index < -0.39 is 5.60 Å². The Labute approximate surface area is 98.9 Å². The zero-order valence-corrected chi connectivity index (χ0v) is 10.8. The van der Waals surface area contributed by atoms with Crippen molar-refractivity contribution >= 4 is 0 Å². The molecule has 1 N–H and O–H groups in total. The minimum Gasteiger partial charge on any atom is -0.385 e. The van der Waals surface area contributed by atoms with Crippen LogP contribution in [0.5, 0.6) is 0 Å². The molecule has 3 fully saturated rings. The van der Waals surface area contributed by atoms with Crippen molar-refractivity contribution < 1.29 is 5.11 Å². The summed E-state index contributed by atoms with van der Waals surface area (Å²) in [4.78, 5) is 0. The molecule has 90 valence electrons. The van der Waals surface area contributed by atoms with Crippen molar-refractivity contribution in [1.82, 2.24) is 0 Å². The van der Waals surface area contributed by atoms with Gasteiger partial charge in [0.15, 0.2) is 0 Å². The van der Waals surface area contributed by atoms with Crippen LogP contribution in [0.2, 0.25) is 0 Å². The minimum absolute atomic E-state index is 0.470. The number of hydrogen-bond acceptors (Lipinski definition) is 1. The Morgan fingerprint density at radius 3 is 2.62 bits per heavy atom. The molecule has 0 saturated heterocycles. The van der Waals surface area contributed by atoms with Crippen LogP contribution < -0.4 is 0 Å². The first-order valence-electron chi connectivity index (χ1n) is 6.79. The lowest BCUT2D eigenvalue weighted by Crippen LogP contribution is -2.38. The summed E-state index contributed by atoms with van der Waals surface area (Å²) in [7, 11) is 0. The number of hydrogen-bond donors (Lipinski definition) is 1. The van der Waals surface area contributed by atoms with Crippen LogP contribution in [0.4, 0.5) is 0 Å². The number of rotatable bonds is 0. The zero-order chi connectivity index (χ0) is 11.7. The van der Waals surface area contributed by atoms with Gasteiger partial charge in [-0.15, -0.1) is 0 Å². The molecule has 0 aromatic heterocycles.